The van der Waals surface area contributed by atoms with E-state index in [2.05, 4.69) is 41.4 Å². The van der Waals surface area contributed by atoms with Gasteiger partial charge < -0.3 is 10.1 Å². The lowest BCUT2D eigenvalue weighted by molar-refractivity contribution is -0.126. The minimum atomic E-state index is 0.126. The average molecular weight is 352 g/mol. The second-order valence-electron chi connectivity index (χ2n) is 7.05. The van der Waals surface area contributed by atoms with Crippen molar-refractivity contribution in [1.29, 1.82) is 0 Å². The van der Waals surface area contributed by atoms with Gasteiger partial charge >= 0.3 is 0 Å². The van der Waals surface area contributed by atoms with Crippen molar-refractivity contribution < 1.29 is 9.53 Å². The maximum absolute atomic E-state index is 12.5. The zero-order chi connectivity index (χ0) is 18.4. The van der Waals surface area contributed by atoms with Crippen molar-refractivity contribution in [2.45, 2.75) is 32.9 Å². The van der Waals surface area contributed by atoms with E-state index in [-0.39, 0.29) is 11.8 Å². The average Bonchev–Trinajstić information content (AvgIpc) is 2.68. The molecule has 0 spiro atoms. The maximum Gasteiger partial charge on any atom is 0.223 e. The summed E-state index contributed by atoms with van der Waals surface area (Å²) in [6.07, 6.45) is 1.84. The maximum atomic E-state index is 12.5. The minimum absolute atomic E-state index is 0.126. The van der Waals surface area contributed by atoms with Gasteiger partial charge in [-0.25, -0.2) is 0 Å². The highest BCUT2D eigenvalue weighted by molar-refractivity contribution is 5.78. The van der Waals surface area contributed by atoms with Crippen LogP contribution >= 0.6 is 0 Å². The summed E-state index contributed by atoms with van der Waals surface area (Å²) in [5.41, 5.74) is 3.67. The van der Waals surface area contributed by atoms with E-state index in [0.717, 1.165) is 38.2 Å². The molecule has 1 amide bonds. The van der Waals surface area contributed by atoms with Gasteiger partial charge in [0, 0.05) is 19.0 Å². The number of nitrogens with zero attached hydrogens (tertiary/aromatic N) is 1. The van der Waals surface area contributed by atoms with Gasteiger partial charge in [0.2, 0.25) is 5.91 Å². The standard InChI is InChI=1S/C22H28N2O2/c1-17-6-3-4-8-20(17)15-23-22(25)19-10-12-24(13-11-19)16-18-7-5-9-21(14-18)26-2/h3-9,14,19H,10-13,15-16H2,1-2H3,(H,23,25). The van der Waals surface area contributed by atoms with Crippen LogP contribution in [0.25, 0.3) is 0 Å². The lowest BCUT2D eigenvalue weighted by atomic mass is 9.95. The molecule has 0 atom stereocenters. The molecule has 1 saturated heterocycles. The van der Waals surface area contributed by atoms with E-state index in [1.54, 1.807) is 7.11 Å². The van der Waals surface area contributed by atoms with Crippen LogP contribution in [0.4, 0.5) is 0 Å². The number of benzene rings is 2. The summed E-state index contributed by atoms with van der Waals surface area (Å²) < 4.78 is 5.29. The molecule has 1 N–H and O–H groups in total. The molecule has 2 aromatic carbocycles. The number of hydrogen-bond acceptors (Lipinski definition) is 3. The molecule has 1 fully saturated rings. The van der Waals surface area contributed by atoms with Crippen LogP contribution in [0.3, 0.4) is 0 Å². The largest absolute Gasteiger partial charge is 0.497 e. The minimum Gasteiger partial charge on any atom is -0.497 e. The van der Waals surface area contributed by atoms with Gasteiger partial charge in [0.1, 0.15) is 5.75 Å². The van der Waals surface area contributed by atoms with Gasteiger partial charge in [0.15, 0.2) is 0 Å². The lowest BCUT2D eigenvalue weighted by Crippen LogP contribution is -2.40. The smallest absolute Gasteiger partial charge is 0.223 e. The second-order valence-corrected chi connectivity index (χ2v) is 7.05. The summed E-state index contributed by atoms with van der Waals surface area (Å²) in [6.45, 7) is 5.53. The molecule has 1 aliphatic heterocycles. The van der Waals surface area contributed by atoms with Gasteiger partial charge in [0.25, 0.3) is 0 Å². The number of likely N-dealkylation sites (tertiary alicyclic amines) is 1. The molecule has 0 bridgehead atoms. The van der Waals surface area contributed by atoms with E-state index >= 15 is 0 Å². The van der Waals surface area contributed by atoms with E-state index < -0.39 is 0 Å². The number of carbonyl (C=O) groups is 1. The van der Waals surface area contributed by atoms with Gasteiger partial charge in [-0.15, -0.1) is 0 Å². The Morgan fingerprint density at radius 1 is 1.15 bits per heavy atom. The van der Waals surface area contributed by atoms with Gasteiger partial charge in [0.05, 0.1) is 7.11 Å². The number of ether oxygens (including phenoxy) is 1. The first kappa shape index (κ1) is 18.5. The number of aryl methyl sites for hydroxylation is 1. The Bertz CT molecular complexity index is 736. The van der Waals surface area contributed by atoms with Crippen LogP contribution in [0.1, 0.15) is 29.5 Å². The van der Waals surface area contributed by atoms with Crippen molar-refractivity contribution in [3.05, 3.63) is 65.2 Å². The fourth-order valence-corrected chi connectivity index (χ4v) is 3.52. The highest BCUT2D eigenvalue weighted by atomic mass is 16.5. The summed E-state index contributed by atoms with van der Waals surface area (Å²) >= 11 is 0. The first-order chi connectivity index (χ1) is 12.7. The number of rotatable bonds is 6. The molecule has 3 rings (SSSR count). The van der Waals surface area contributed by atoms with Crippen molar-refractivity contribution in [2.24, 2.45) is 5.92 Å². The van der Waals surface area contributed by atoms with Gasteiger partial charge in [-0.3, -0.25) is 9.69 Å². The third-order valence-electron chi connectivity index (χ3n) is 5.21. The summed E-state index contributed by atoms with van der Waals surface area (Å²) in [5.74, 6) is 1.21. The van der Waals surface area contributed by atoms with Gasteiger partial charge in [-0.05, 0) is 61.7 Å². The van der Waals surface area contributed by atoms with Gasteiger partial charge in [-0.2, -0.15) is 0 Å². The normalized spacial score (nSPS) is 15.6. The number of amides is 1. The highest BCUT2D eigenvalue weighted by Gasteiger charge is 2.24. The Balaban J connectivity index is 1.45. The van der Waals surface area contributed by atoms with E-state index in [1.807, 2.05) is 24.3 Å². The number of hydrogen-bond donors (Lipinski definition) is 1. The van der Waals surface area contributed by atoms with Crippen LogP contribution in [0.2, 0.25) is 0 Å². The van der Waals surface area contributed by atoms with E-state index in [0.29, 0.717) is 6.54 Å². The quantitative estimate of drug-likeness (QED) is 0.865. The van der Waals surface area contributed by atoms with Crippen LogP contribution in [-0.4, -0.2) is 31.0 Å². The molecule has 138 valence electrons. The summed E-state index contributed by atoms with van der Waals surface area (Å²) in [4.78, 5) is 14.9. The van der Waals surface area contributed by atoms with E-state index in [9.17, 15) is 4.79 Å². The molecule has 26 heavy (non-hydrogen) atoms. The Hall–Kier alpha value is -2.33. The van der Waals surface area contributed by atoms with E-state index in [4.69, 9.17) is 4.74 Å². The van der Waals surface area contributed by atoms with Crippen molar-refractivity contribution in [2.75, 3.05) is 20.2 Å². The molecule has 0 unspecified atom stereocenters. The van der Waals surface area contributed by atoms with Crippen molar-refractivity contribution in [3.63, 3.8) is 0 Å². The first-order valence-electron chi connectivity index (χ1n) is 9.33. The second kappa shape index (κ2) is 8.86. The Morgan fingerprint density at radius 2 is 1.92 bits per heavy atom. The van der Waals surface area contributed by atoms with Crippen molar-refractivity contribution >= 4 is 5.91 Å². The summed E-state index contributed by atoms with van der Waals surface area (Å²) in [5, 5.41) is 3.12. The number of piperidine rings is 1. The summed E-state index contributed by atoms with van der Waals surface area (Å²) in [6, 6.07) is 16.4. The molecule has 0 aromatic heterocycles. The Kier molecular flexibility index (Phi) is 6.29. The fraction of sp³-hybridized carbons (Fsp3) is 0.409. The van der Waals surface area contributed by atoms with Crippen molar-refractivity contribution in [1.82, 2.24) is 10.2 Å². The molecular formula is C22H28N2O2. The van der Waals surface area contributed by atoms with Crippen molar-refractivity contribution in [3.8, 4) is 5.75 Å². The van der Waals surface area contributed by atoms with Crippen LogP contribution in [0, 0.1) is 12.8 Å². The SMILES string of the molecule is COc1cccc(CN2CCC(C(=O)NCc3ccccc3C)CC2)c1. The number of nitrogens with one attached hydrogen (secondary N) is 1. The van der Waals surface area contributed by atoms with Crippen LogP contribution in [-0.2, 0) is 17.9 Å². The summed E-state index contributed by atoms with van der Waals surface area (Å²) in [7, 11) is 1.69. The Morgan fingerprint density at radius 3 is 2.65 bits per heavy atom. The third kappa shape index (κ3) is 4.85. The molecule has 1 heterocycles. The molecule has 0 radical (unpaired) electrons. The van der Waals surface area contributed by atoms with E-state index in [1.165, 1.54) is 16.7 Å². The lowest BCUT2D eigenvalue weighted by Gasteiger charge is -2.31. The highest BCUT2D eigenvalue weighted by Crippen LogP contribution is 2.21. The molecule has 0 saturated carbocycles. The predicted molar refractivity (Wildman–Crippen MR) is 104 cm³/mol. The Labute approximate surface area is 156 Å². The topological polar surface area (TPSA) is 41.6 Å². The molecule has 4 nitrogen and oxygen atoms in total. The molecule has 0 aliphatic carbocycles. The van der Waals surface area contributed by atoms with Gasteiger partial charge in [-0.1, -0.05) is 36.4 Å². The zero-order valence-corrected chi connectivity index (χ0v) is 15.7. The monoisotopic (exact) mass is 352 g/mol. The predicted octanol–water partition coefficient (Wildman–Crippen LogP) is 3.53. The molecule has 4 heteroatoms. The molecular weight excluding hydrogens is 324 g/mol. The number of methoxy groups -OCH3 is 1. The third-order valence-corrected chi connectivity index (χ3v) is 5.21. The number of carbonyl (C=O) groups excluding carboxylic acids is 1. The van der Waals surface area contributed by atoms with Crippen LogP contribution in [0.5, 0.6) is 5.75 Å². The molecule has 1 aliphatic rings. The first-order valence-corrected chi connectivity index (χ1v) is 9.33. The zero-order valence-electron chi connectivity index (χ0n) is 15.7. The molecule has 2 aromatic rings. The van der Waals surface area contributed by atoms with Crippen LogP contribution < -0.4 is 10.1 Å². The van der Waals surface area contributed by atoms with Crippen LogP contribution in [0.15, 0.2) is 48.5 Å². The fourth-order valence-electron chi connectivity index (χ4n) is 3.52.